The molecule has 2 aromatic rings. The average Bonchev–Trinajstić information content (AvgIpc) is 2.42. The number of nitrogens with one attached hydrogen (secondary N) is 1. The lowest BCUT2D eigenvalue weighted by Crippen LogP contribution is -2.15. The maximum atomic E-state index is 12.4. The smallest absolute Gasteiger partial charge is 0.263 e. The van der Waals surface area contributed by atoms with E-state index in [0.29, 0.717) is 16.9 Å². The van der Waals surface area contributed by atoms with Crippen LogP contribution in [0.2, 0.25) is 5.02 Å². The van der Waals surface area contributed by atoms with E-state index >= 15 is 0 Å². The highest BCUT2D eigenvalue weighted by molar-refractivity contribution is 7.92. The zero-order chi connectivity index (χ0) is 15.6. The molecule has 0 heterocycles. The van der Waals surface area contributed by atoms with Crippen LogP contribution in [0.15, 0.2) is 41.3 Å². The van der Waals surface area contributed by atoms with E-state index in [4.69, 9.17) is 22.6 Å². The van der Waals surface area contributed by atoms with Crippen molar-refractivity contribution in [1.82, 2.24) is 0 Å². The van der Waals surface area contributed by atoms with Gasteiger partial charge in [0, 0.05) is 10.7 Å². The summed E-state index contributed by atoms with van der Waals surface area (Å²) < 4.78 is 27.3. The second-order valence-electron chi connectivity index (χ2n) is 4.43. The molecule has 0 spiro atoms. The van der Waals surface area contributed by atoms with Gasteiger partial charge in [-0.3, -0.25) is 4.72 Å². The van der Waals surface area contributed by atoms with Gasteiger partial charge in [0.25, 0.3) is 10.0 Å². The fraction of sp³-hybridized carbons (Fsp3) is 0.0714. The van der Waals surface area contributed by atoms with Crippen molar-refractivity contribution >= 4 is 33.0 Å². The van der Waals surface area contributed by atoms with Crippen molar-refractivity contribution in [2.45, 2.75) is 11.8 Å². The number of hydrogen-bond donors (Lipinski definition) is 2. The maximum Gasteiger partial charge on any atom is 0.263 e. The van der Waals surface area contributed by atoms with Crippen LogP contribution in [0.1, 0.15) is 11.1 Å². The Morgan fingerprint density at radius 2 is 1.95 bits per heavy atom. The van der Waals surface area contributed by atoms with Crippen molar-refractivity contribution in [1.29, 1.82) is 5.26 Å². The normalized spacial score (nSPS) is 10.9. The number of aryl methyl sites for hydroxylation is 1. The number of halogens is 1. The maximum absolute atomic E-state index is 12.4. The fourth-order valence-electron chi connectivity index (χ4n) is 1.76. The van der Waals surface area contributed by atoms with Gasteiger partial charge >= 0.3 is 0 Å². The van der Waals surface area contributed by atoms with Crippen molar-refractivity contribution in [2.24, 2.45) is 0 Å². The molecule has 7 heteroatoms. The van der Waals surface area contributed by atoms with Gasteiger partial charge < -0.3 is 5.73 Å². The van der Waals surface area contributed by atoms with E-state index in [1.54, 1.807) is 19.1 Å². The van der Waals surface area contributed by atoms with Gasteiger partial charge in [-0.25, -0.2) is 8.42 Å². The second kappa shape index (κ2) is 5.64. The minimum atomic E-state index is -3.93. The van der Waals surface area contributed by atoms with Crippen molar-refractivity contribution < 1.29 is 8.42 Å². The number of nitrogens with two attached hydrogens (primary N) is 1. The SMILES string of the molecule is Cc1ccc(N)cc1NS(=O)(=O)c1cc(Cl)ccc1C#N. The quantitative estimate of drug-likeness (QED) is 0.849. The van der Waals surface area contributed by atoms with E-state index in [1.165, 1.54) is 24.3 Å². The predicted octanol–water partition coefficient (Wildman–Crippen LogP) is 2.90. The molecule has 0 saturated carbocycles. The number of nitrogen functional groups attached to an aromatic ring is 1. The van der Waals surface area contributed by atoms with Crippen LogP contribution in [0, 0.1) is 18.3 Å². The first-order chi connectivity index (χ1) is 9.83. The number of hydrogen-bond acceptors (Lipinski definition) is 4. The molecule has 108 valence electrons. The molecule has 0 saturated heterocycles. The third kappa shape index (κ3) is 3.27. The van der Waals surface area contributed by atoms with E-state index < -0.39 is 10.0 Å². The largest absolute Gasteiger partial charge is 0.399 e. The molecule has 0 aliphatic carbocycles. The van der Waals surface area contributed by atoms with Crippen LogP contribution >= 0.6 is 11.6 Å². The minimum Gasteiger partial charge on any atom is -0.399 e. The van der Waals surface area contributed by atoms with Crippen molar-refractivity contribution in [3.8, 4) is 6.07 Å². The van der Waals surface area contributed by atoms with Gasteiger partial charge in [0.2, 0.25) is 0 Å². The summed E-state index contributed by atoms with van der Waals surface area (Å²) in [6.45, 7) is 1.75. The van der Waals surface area contributed by atoms with Crippen LogP contribution in [0.4, 0.5) is 11.4 Å². The predicted molar refractivity (Wildman–Crippen MR) is 82.6 cm³/mol. The molecule has 0 fully saturated rings. The summed E-state index contributed by atoms with van der Waals surface area (Å²) in [5.74, 6) is 0. The highest BCUT2D eigenvalue weighted by atomic mass is 35.5. The Bertz CT molecular complexity index is 842. The van der Waals surface area contributed by atoms with E-state index in [2.05, 4.69) is 4.72 Å². The van der Waals surface area contributed by atoms with Crippen molar-refractivity contribution in [3.05, 3.63) is 52.5 Å². The van der Waals surface area contributed by atoms with Gasteiger partial charge in [-0.15, -0.1) is 0 Å². The zero-order valence-electron chi connectivity index (χ0n) is 11.1. The molecule has 5 nitrogen and oxygen atoms in total. The van der Waals surface area contributed by atoms with E-state index in [1.807, 2.05) is 6.07 Å². The molecule has 0 bridgehead atoms. The first-order valence-corrected chi connectivity index (χ1v) is 7.78. The highest BCUT2D eigenvalue weighted by Crippen LogP contribution is 2.25. The Labute approximate surface area is 128 Å². The van der Waals surface area contributed by atoms with Crippen LogP contribution in [0.25, 0.3) is 0 Å². The van der Waals surface area contributed by atoms with Crippen molar-refractivity contribution in [2.75, 3.05) is 10.5 Å². The summed E-state index contributed by atoms with van der Waals surface area (Å²) in [5.41, 5.74) is 7.19. The molecule has 0 amide bonds. The Morgan fingerprint density at radius 1 is 1.24 bits per heavy atom. The molecular formula is C14H12ClN3O2S. The molecule has 0 aromatic heterocycles. The number of anilines is 2. The summed E-state index contributed by atoms with van der Waals surface area (Å²) in [4.78, 5) is -0.167. The molecule has 0 unspecified atom stereocenters. The van der Waals surface area contributed by atoms with Crippen LogP contribution in [-0.2, 0) is 10.0 Å². The summed E-state index contributed by atoms with van der Waals surface area (Å²) in [6.07, 6.45) is 0. The lowest BCUT2D eigenvalue weighted by molar-refractivity contribution is 0.601. The topological polar surface area (TPSA) is 96.0 Å². The van der Waals surface area contributed by atoms with E-state index in [0.717, 1.165) is 0 Å². The molecule has 0 radical (unpaired) electrons. The average molecular weight is 322 g/mol. The van der Waals surface area contributed by atoms with Gasteiger partial charge in [-0.2, -0.15) is 5.26 Å². The molecule has 3 N–H and O–H groups in total. The highest BCUT2D eigenvalue weighted by Gasteiger charge is 2.20. The molecule has 0 aliphatic heterocycles. The first-order valence-electron chi connectivity index (χ1n) is 5.92. The lowest BCUT2D eigenvalue weighted by Gasteiger charge is -2.12. The molecule has 0 aliphatic rings. The minimum absolute atomic E-state index is 0.0217. The molecule has 0 atom stereocenters. The summed E-state index contributed by atoms with van der Waals surface area (Å²) in [7, 11) is -3.93. The van der Waals surface area contributed by atoms with Crippen LogP contribution in [0.5, 0.6) is 0 Å². The Hall–Kier alpha value is -2.23. The fourth-order valence-corrected chi connectivity index (χ4v) is 3.30. The Balaban J connectivity index is 2.51. The Kier molecular flexibility index (Phi) is 4.07. The lowest BCUT2D eigenvalue weighted by atomic mass is 10.2. The third-order valence-electron chi connectivity index (χ3n) is 2.86. The summed E-state index contributed by atoms with van der Waals surface area (Å²) in [6, 6.07) is 10.8. The number of sulfonamides is 1. The van der Waals surface area contributed by atoms with Crippen LogP contribution < -0.4 is 10.5 Å². The Morgan fingerprint density at radius 3 is 2.62 bits per heavy atom. The third-order valence-corrected chi connectivity index (χ3v) is 4.50. The van der Waals surface area contributed by atoms with Crippen molar-refractivity contribution in [3.63, 3.8) is 0 Å². The molecule has 2 rings (SSSR count). The number of nitrogens with zero attached hydrogens (tertiary/aromatic N) is 1. The van der Waals surface area contributed by atoms with Gasteiger partial charge in [0.15, 0.2) is 0 Å². The first kappa shape index (κ1) is 15.2. The number of rotatable bonds is 3. The second-order valence-corrected chi connectivity index (χ2v) is 6.52. The van der Waals surface area contributed by atoms with Gasteiger partial charge in [-0.05, 0) is 42.8 Å². The number of nitriles is 1. The van der Waals surface area contributed by atoms with Crippen LogP contribution in [0.3, 0.4) is 0 Å². The molecule has 21 heavy (non-hydrogen) atoms. The zero-order valence-corrected chi connectivity index (χ0v) is 12.7. The van der Waals surface area contributed by atoms with Gasteiger partial charge in [-0.1, -0.05) is 17.7 Å². The molecular weight excluding hydrogens is 310 g/mol. The number of benzene rings is 2. The summed E-state index contributed by atoms with van der Waals surface area (Å²) in [5, 5.41) is 9.27. The van der Waals surface area contributed by atoms with E-state index in [-0.39, 0.29) is 15.5 Å². The van der Waals surface area contributed by atoms with Gasteiger partial charge in [0.05, 0.1) is 11.3 Å². The summed E-state index contributed by atoms with van der Waals surface area (Å²) >= 11 is 5.82. The monoisotopic (exact) mass is 321 g/mol. The van der Waals surface area contributed by atoms with Gasteiger partial charge in [0.1, 0.15) is 11.0 Å². The standard InChI is InChI=1S/C14H12ClN3O2S/c1-9-2-5-12(17)7-13(9)18-21(19,20)14-6-11(15)4-3-10(14)8-16/h2-7,18H,17H2,1H3. The molecule has 2 aromatic carbocycles. The van der Waals surface area contributed by atoms with Crippen LogP contribution in [-0.4, -0.2) is 8.42 Å². The van der Waals surface area contributed by atoms with E-state index in [9.17, 15) is 8.42 Å².